The lowest BCUT2D eigenvalue weighted by Crippen LogP contribution is -2.35. The van der Waals surface area contributed by atoms with Crippen LogP contribution in [0.15, 0.2) is 30.3 Å². The summed E-state index contributed by atoms with van der Waals surface area (Å²) in [7, 11) is 0. The van der Waals surface area contributed by atoms with E-state index in [0.29, 0.717) is 11.7 Å². The van der Waals surface area contributed by atoms with Crippen molar-refractivity contribution in [3.05, 3.63) is 35.3 Å². The molecule has 2 aromatic rings. The zero-order valence-electron chi connectivity index (χ0n) is 10.8. The average Bonchev–Trinajstić information content (AvgIpc) is 2.75. The maximum absolute atomic E-state index is 5.61. The van der Waals surface area contributed by atoms with Crippen LogP contribution in [0.2, 0.25) is 0 Å². The van der Waals surface area contributed by atoms with Crippen LogP contribution in [0.5, 0.6) is 10.9 Å². The van der Waals surface area contributed by atoms with Crippen molar-refractivity contribution in [2.45, 2.75) is 32.9 Å². The molecule has 0 saturated heterocycles. The van der Waals surface area contributed by atoms with Crippen LogP contribution in [0.1, 0.15) is 25.8 Å². The highest BCUT2D eigenvalue weighted by Crippen LogP contribution is 2.24. The summed E-state index contributed by atoms with van der Waals surface area (Å²) in [6.45, 7) is 7.07. The summed E-state index contributed by atoms with van der Waals surface area (Å²) in [5, 5.41) is 13.0. The number of aromatic nitrogens is 2. The zero-order chi connectivity index (χ0) is 13.0. The van der Waals surface area contributed by atoms with Gasteiger partial charge in [0.1, 0.15) is 10.8 Å². The van der Waals surface area contributed by atoms with Crippen LogP contribution in [0.3, 0.4) is 0 Å². The molecule has 0 amide bonds. The van der Waals surface area contributed by atoms with E-state index in [1.165, 1.54) is 11.3 Å². The van der Waals surface area contributed by atoms with Gasteiger partial charge in [0.05, 0.1) is 6.54 Å². The molecule has 4 nitrogen and oxygen atoms in total. The molecule has 0 radical (unpaired) electrons. The molecular formula is C13H17N3OS. The summed E-state index contributed by atoms with van der Waals surface area (Å²) < 4.78 is 5.61. The SMILES string of the molecule is CC(C)(C)NCc1nnc(Oc2ccccc2)s1. The van der Waals surface area contributed by atoms with Gasteiger partial charge in [-0.25, -0.2) is 0 Å². The van der Waals surface area contributed by atoms with E-state index in [1.54, 1.807) is 0 Å². The van der Waals surface area contributed by atoms with Crippen molar-refractivity contribution < 1.29 is 4.74 Å². The predicted molar refractivity (Wildman–Crippen MR) is 73.0 cm³/mol. The second-order valence-electron chi connectivity index (χ2n) is 4.98. The molecule has 0 atom stereocenters. The van der Waals surface area contributed by atoms with Gasteiger partial charge in [-0.3, -0.25) is 0 Å². The first-order valence-electron chi connectivity index (χ1n) is 5.83. The number of nitrogens with zero attached hydrogens (tertiary/aromatic N) is 2. The summed E-state index contributed by atoms with van der Waals surface area (Å²) in [5.74, 6) is 0.781. The quantitative estimate of drug-likeness (QED) is 0.920. The van der Waals surface area contributed by atoms with E-state index in [1.807, 2.05) is 30.3 Å². The van der Waals surface area contributed by atoms with E-state index >= 15 is 0 Å². The standard InChI is InChI=1S/C13H17N3OS/c1-13(2,3)14-9-11-15-16-12(18-11)17-10-7-5-4-6-8-10/h4-8,14H,9H2,1-3H3. The molecule has 1 aromatic heterocycles. The Morgan fingerprint density at radius 2 is 1.89 bits per heavy atom. The van der Waals surface area contributed by atoms with Crippen LogP contribution < -0.4 is 10.1 Å². The van der Waals surface area contributed by atoms with Crippen LogP contribution in [-0.2, 0) is 6.54 Å². The number of para-hydroxylation sites is 1. The van der Waals surface area contributed by atoms with E-state index in [9.17, 15) is 0 Å². The molecule has 1 heterocycles. The Hall–Kier alpha value is -1.46. The van der Waals surface area contributed by atoms with Gasteiger partial charge in [0.2, 0.25) is 0 Å². The Labute approximate surface area is 111 Å². The third-order valence-corrected chi connectivity index (χ3v) is 2.97. The third-order valence-electron chi connectivity index (χ3n) is 2.17. The average molecular weight is 263 g/mol. The van der Waals surface area contributed by atoms with Crippen LogP contribution in [-0.4, -0.2) is 15.7 Å². The number of benzene rings is 1. The minimum Gasteiger partial charge on any atom is -0.430 e. The summed E-state index contributed by atoms with van der Waals surface area (Å²) in [4.78, 5) is 0. The topological polar surface area (TPSA) is 47.0 Å². The van der Waals surface area contributed by atoms with Crippen LogP contribution >= 0.6 is 11.3 Å². The Balaban J connectivity index is 1.94. The lowest BCUT2D eigenvalue weighted by molar-refractivity contribution is 0.423. The number of hydrogen-bond donors (Lipinski definition) is 1. The maximum Gasteiger partial charge on any atom is 0.299 e. The summed E-state index contributed by atoms with van der Waals surface area (Å²) in [6, 6.07) is 9.60. The smallest absolute Gasteiger partial charge is 0.299 e. The summed E-state index contributed by atoms with van der Waals surface area (Å²) in [6.07, 6.45) is 0. The van der Waals surface area contributed by atoms with Crippen LogP contribution in [0.4, 0.5) is 0 Å². The van der Waals surface area contributed by atoms with Crippen molar-refractivity contribution in [2.75, 3.05) is 0 Å². The van der Waals surface area contributed by atoms with Crippen molar-refractivity contribution in [3.63, 3.8) is 0 Å². The van der Waals surface area contributed by atoms with Gasteiger partial charge in [-0.2, -0.15) is 0 Å². The van der Waals surface area contributed by atoms with Gasteiger partial charge in [-0.15, -0.1) is 5.10 Å². The first-order chi connectivity index (χ1) is 8.53. The molecule has 1 aromatic carbocycles. The molecule has 0 aliphatic heterocycles. The fourth-order valence-electron chi connectivity index (χ4n) is 1.28. The van der Waals surface area contributed by atoms with Gasteiger partial charge in [-0.1, -0.05) is 34.6 Å². The zero-order valence-corrected chi connectivity index (χ0v) is 11.6. The molecule has 2 rings (SSSR count). The normalized spacial score (nSPS) is 11.5. The molecule has 0 unspecified atom stereocenters. The van der Waals surface area contributed by atoms with Gasteiger partial charge >= 0.3 is 0 Å². The fourth-order valence-corrected chi connectivity index (χ4v) is 1.93. The highest BCUT2D eigenvalue weighted by molar-refractivity contribution is 7.13. The molecule has 0 spiro atoms. The van der Waals surface area contributed by atoms with Crippen molar-refractivity contribution in [2.24, 2.45) is 0 Å². The number of hydrogen-bond acceptors (Lipinski definition) is 5. The molecule has 0 aliphatic rings. The van der Waals surface area contributed by atoms with Gasteiger partial charge in [0, 0.05) is 5.54 Å². The Bertz CT molecular complexity index is 490. The lowest BCUT2D eigenvalue weighted by atomic mass is 10.1. The lowest BCUT2D eigenvalue weighted by Gasteiger charge is -2.19. The Morgan fingerprint density at radius 3 is 2.56 bits per heavy atom. The third kappa shape index (κ3) is 4.09. The summed E-state index contributed by atoms with van der Waals surface area (Å²) >= 11 is 1.46. The fraction of sp³-hybridized carbons (Fsp3) is 0.385. The second-order valence-corrected chi connectivity index (χ2v) is 6.00. The van der Waals surface area contributed by atoms with Crippen LogP contribution in [0, 0.1) is 0 Å². The monoisotopic (exact) mass is 263 g/mol. The van der Waals surface area contributed by atoms with E-state index in [4.69, 9.17) is 4.74 Å². The van der Waals surface area contributed by atoms with Gasteiger partial charge < -0.3 is 10.1 Å². The number of rotatable bonds is 4. The molecular weight excluding hydrogens is 246 g/mol. The molecule has 96 valence electrons. The van der Waals surface area contributed by atoms with Crippen LogP contribution in [0.25, 0.3) is 0 Å². The number of ether oxygens (including phenoxy) is 1. The van der Waals surface area contributed by atoms with Crippen molar-refractivity contribution in [3.8, 4) is 10.9 Å². The predicted octanol–water partition coefficient (Wildman–Crippen LogP) is 3.22. The number of nitrogens with one attached hydrogen (secondary N) is 1. The van der Waals surface area contributed by atoms with Gasteiger partial charge in [0.25, 0.3) is 5.19 Å². The van der Waals surface area contributed by atoms with Crippen molar-refractivity contribution in [1.29, 1.82) is 0 Å². The first-order valence-corrected chi connectivity index (χ1v) is 6.65. The molecule has 5 heteroatoms. The van der Waals surface area contributed by atoms with E-state index in [0.717, 1.165) is 10.8 Å². The largest absolute Gasteiger partial charge is 0.430 e. The molecule has 0 fully saturated rings. The highest BCUT2D eigenvalue weighted by Gasteiger charge is 2.11. The van der Waals surface area contributed by atoms with Gasteiger partial charge in [0.15, 0.2) is 0 Å². The Morgan fingerprint density at radius 1 is 1.17 bits per heavy atom. The minimum atomic E-state index is 0.0755. The molecule has 0 bridgehead atoms. The molecule has 0 saturated carbocycles. The Kier molecular flexibility index (Phi) is 3.93. The van der Waals surface area contributed by atoms with E-state index in [2.05, 4.69) is 36.3 Å². The van der Waals surface area contributed by atoms with E-state index in [-0.39, 0.29) is 5.54 Å². The molecule has 0 aliphatic carbocycles. The molecule has 18 heavy (non-hydrogen) atoms. The van der Waals surface area contributed by atoms with E-state index < -0.39 is 0 Å². The summed E-state index contributed by atoms with van der Waals surface area (Å²) in [5.41, 5.74) is 0.0755. The van der Waals surface area contributed by atoms with Crippen molar-refractivity contribution in [1.82, 2.24) is 15.5 Å². The molecule has 1 N–H and O–H groups in total. The maximum atomic E-state index is 5.61. The van der Waals surface area contributed by atoms with Gasteiger partial charge in [-0.05, 0) is 32.9 Å². The minimum absolute atomic E-state index is 0.0755. The van der Waals surface area contributed by atoms with Crippen molar-refractivity contribution >= 4 is 11.3 Å². The first kappa shape index (κ1) is 13.0. The highest BCUT2D eigenvalue weighted by atomic mass is 32.1. The second kappa shape index (κ2) is 5.46.